The van der Waals surface area contributed by atoms with Gasteiger partial charge in [-0.3, -0.25) is 0 Å². The zero-order valence-corrected chi connectivity index (χ0v) is 24.7. The highest BCUT2D eigenvalue weighted by molar-refractivity contribution is 5.30. The van der Waals surface area contributed by atoms with Gasteiger partial charge in [-0.2, -0.15) is 0 Å². The van der Waals surface area contributed by atoms with E-state index in [1.807, 2.05) is 18.2 Å². The summed E-state index contributed by atoms with van der Waals surface area (Å²) in [5, 5.41) is 18.5. The Morgan fingerprint density at radius 3 is 1.88 bits per heavy atom. The van der Waals surface area contributed by atoms with Crippen LogP contribution in [0.3, 0.4) is 0 Å². The lowest BCUT2D eigenvalue weighted by atomic mass is 9.67. The average Bonchev–Trinajstić information content (AvgIpc) is 2.98. The van der Waals surface area contributed by atoms with Gasteiger partial charge in [0.25, 0.3) is 0 Å². The van der Waals surface area contributed by atoms with Crippen LogP contribution in [0.1, 0.15) is 143 Å². The average molecular weight is 555 g/mol. The maximum Gasteiger partial charge on any atom is 0.126 e. The number of hydrogen-bond donors (Lipinski definition) is 2. The number of aliphatic hydroxyl groups is 2. The third-order valence-corrected chi connectivity index (χ3v) is 10.2. The predicted molar refractivity (Wildman–Crippen MR) is 161 cm³/mol. The first kappa shape index (κ1) is 31.2. The van der Waals surface area contributed by atoms with Crippen LogP contribution < -0.4 is 0 Å². The van der Waals surface area contributed by atoms with Gasteiger partial charge in [-0.15, -0.1) is 0 Å². The van der Waals surface area contributed by atoms with E-state index in [1.54, 1.807) is 6.07 Å². The van der Waals surface area contributed by atoms with E-state index in [4.69, 9.17) is 0 Å². The molecule has 0 saturated heterocycles. The lowest BCUT2D eigenvalue weighted by Crippen LogP contribution is -2.25. The minimum atomic E-state index is -0.0805. The zero-order valence-electron chi connectivity index (χ0n) is 24.7. The Kier molecular flexibility index (Phi) is 12.5. The first-order valence-electron chi connectivity index (χ1n) is 16.3. The Morgan fingerprint density at radius 2 is 1.32 bits per heavy atom. The second-order valence-corrected chi connectivity index (χ2v) is 12.7. The standard InChI is InChI=1S/C36H52F2O2/c1-2-3-4-7-31-18-19-32(24-35(31)37)29-12-10-27(11-13-29)28-14-16-30(17-15-28)34-21-20-33(25-36(34)38)26(8-5-22-39)9-6-23-40/h18-21,24-30,39-40H,2-17,22-23H2,1H3. The molecule has 40 heavy (non-hydrogen) atoms. The van der Waals surface area contributed by atoms with Crippen molar-refractivity contribution in [1.82, 2.24) is 0 Å². The number of rotatable bonds is 14. The van der Waals surface area contributed by atoms with E-state index in [-0.39, 0.29) is 30.8 Å². The Balaban J connectivity index is 1.26. The first-order valence-corrected chi connectivity index (χ1v) is 16.3. The molecule has 0 spiro atoms. The van der Waals surface area contributed by atoms with Crippen LogP contribution in [0.25, 0.3) is 0 Å². The molecular weight excluding hydrogens is 502 g/mol. The van der Waals surface area contributed by atoms with Crippen LogP contribution in [0.15, 0.2) is 36.4 Å². The minimum absolute atomic E-state index is 0.0137. The lowest BCUT2D eigenvalue weighted by molar-refractivity contribution is 0.176. The summed E-state index contributed by atoms with van der Waals surface area (Å²) in [6.07, 6.45) is 16.5. The highest BCUT2D eigenvalue weighted by atomic mass is 19.1. The van der Waals surface area contributed by atoms with E-state index in [2.05, 4.69) is 19.1 Å². The minimum Gasteiger partial charge on any atom is -0.396 e. The van der Waals surface area contributed by atoms with Gasteiger partial charge in [-0.1, -0.05) is 44.0 Å². The van der Waals surface area contributed by atoms with Gasteiger partial charge in [0.15, 0.2) is 0 Å². The van der Waals surface area contributed by atoms with Crippen LogP contribution in [-0.2, 0) is 6.42 Å². The summed E-state index contributed by atoms with van der Waals surface area (Å²) in [6, 6.07) is 11.9. The fourth-order valence-electron chi connectivity index (χ4n) is 7.69. The van der Waals surface area contributed by atoms with Crippen LogP contribution in [0, 0.1) is 23.5 Å². The second kappa shape index (κ2) is 16.0. The molecule has 2 aromatic rings. The molecule has 2 aliphatic rings. The van der Waals surface area contributed by atoms with Gasteiger partial charge >= 0.3 is 0 Å². The van der Waals surface area contributed by atoms with E-state index in [1.165, 1.54) is 31.2 Å². The number of benzene rings is 2. The summed E-state index contributed by atoms with van der Waals surface area (Å²) in [7, 11) is 0. The van der Waals surface area contributed by atoms with Crippen LogP contribution in [0.5, 0.6) is 0 Å². The van der Waals surface area contributed by atoms with Crippen molar-refractivity contribution in [3.8, 4) is 0 Å². The molecule has 0 radical (unpaired) electrons. The van der Waals surface area contributed by atoms with Crippen LogP contribution >= 0.6 is 0 Å². The topological polar surface area (TPSA) is 40.5 Å². The summed E-state index contributed by atoms with van der Waals surface area (Å²) in [5.74, 6) is 2.36. The van der Waals surface area contributed by atoms with Crippen molar-refractivity contribution in [2.45, 2.75) is 127 Å². The fraction of sp³-hybridized carbons (Fsp3) is 0.667. The summed E-state index contributed by atoms with van der Waals surface area (Å²) in [6.45, 7) is 2.47. The molecule has 4 heteroatoms. The van der Waals surface area contributed by atoms with Crippen LogP contribution in [-0.4, -0.2) is 23.4 Å². The van der Waals surface area contributed by atoms with Gasteiger partial charge in [0.05, 0.1) is 0 Å². The molecule has 0 heterocycles. The normalized spacial score (nSPS) is 23.6. The maximum absolute atomic E-state index is 15.3. The summed E-state index contributed by atoms with van der Waals surface area (Å²) in [4.78, 5) is 0. The van der Waals surface area contributed by atoms with Crippen molar-refractivity contribution in [2.24, 2.45) is 11.8 Å². The maximum atomic E-state index is 15.3. The van der Waals surface area contributed by atoms with Crippen molar-refractivity contribution in [1.29, 1.82) is 0 Å². The molecule has 0 aliphatic heterocycles. The van der Waals surface area contributed by atoms with Crippen molar-refractivity contribution in [3.05, 3.63) is 70.3 Å². The third kappa shape index (κ3) is 8.38. The molecule has 2 saturated carbocycles. The predicted octanol–water partition coefficient (Wildman–Crippen LogP) is 9.57. The third-order valence-electron chi connectivity index (χ3n) is 10.2. The Hall–Kier alpha value is -1.78. The molecule has 0 atom stereocenters. The quantitative estimate of drug-likeness (QED) is 0.228. The molecule has 0 aromatic heterocycles. The molecule has 2 aliphatic carbocycles. The van der Waals surface area contributed by atoms with Gasteiger partial charge < -0.3 is 10.2 Å². The van der Waals surface area contributed by atoms with Crippen LogP contribution in [0.4, 0.5) is 8.78 Å². The molecule has 2 nitrogen and oxygen atoms in total. The van der Waals surface area contributed by atoms with Gasteiger partial charge in [-0.05, 0) is 154 Å². The number of halogens is 2. The SMILES string of the molecule is CCCCCc1ccc(C2CCC(C3CCC(c4ccc(C(CCCO)CCCO)cc4F)CC3)CC2)cc1F. The summed E-state index contributed by atoms with van der Waals surface area (Å²) < 4.78 is 30.0. The fourth-order valence-corrected chi connectivity index (χ4v) is 7.69. The van der Waals surface area contributed by atoms with Crippen molar-refractivity contribution >= 4 is 0 Å². The second-order valence-electron chi connectivity index (χ2n) is 12.7. The molecular formula is C36H52F2O2. The highest BCUT2D eigenvalue weighted by Crippen LogP contribution is 2.46. The zero-order chi connectivity index (χ0) is 28.3. The molecule has 0 unspecified atom stereocenters. The molecule has 2 N–H and O–H groups in total. The van der Waals surface area contributed by atoms with Crippen LogP contribution in [0.2, 0.25) is 0 Å². The number of unbranched alkanes of at least 4 members (excludes halogenated alkanes) is 2. The molecule has 2 aromatic carbocycles. The van der Waals surface area contributed by atoms with E-state index < -0.39 is 0 Å². The van der Waals surface area contributed by atoms with Crippen molar-refractivity contribution in [2.75, 3.05) is 13.2 Å². The smallest absolute Gasteiger partial charge is 0.126 e. The number of aliphatic hydroxyl groups excluding tert-OH is 2. The monoisotopic (exact) mass is 554 g/mol. The van der Waals surface area contributed by atoms with E-state index in [0.717, 1.165) is 92.7 Å². The molecule has 0 bridgehead atoms. The lowest BCUT2D eigenvalue weighted by Gasteiger charge is -2.38. The largest absolute Gasteiger partial charge is 0.396 e. The van der Waals surface area contributed by atoms with Crippen molar-refractivity contribution in [3.63, 3.8) is 0 Å². The van der Waals surface area contributed by atoms with E-state index in [0.29, 0.717) is 24.7 Å². The van der Waals surface area contributed by atoms with E-state index >= 15 is 4.39 Å². The van der Waals surface area contributed by atoms with E-state index in [9.17, 15) is 14.6 Å². The Bertz CT molecular complexity index is 1010. The molecule has 222 valence electrons. The Labute approximate surface area is 241 Å². The molecule has 2 fully saturated rings. The Morgan fingerprint density at radius 1 is 0.700 bits per heavy atom. The summed E-state index contributed by atoms with van der Waals surface area (Å²) in [5.41, 5.74) is 3.93. The number of hydrogen-bond acceptors (Lipinski definition) is 2. The molecule has 0 amide bonds. The van der Waals surface area contributed by atoms with Gasteiger partial charge in [0.2, 0.25) is 0 Å². The van der Waals surface area contributed by atoms with Gasteiger partial charge in [0, 0.05) is 13.2 Å². The van der Waals surface area contributed by atoms with Crippen molar-refractivity contribution < 1.29 is 19.0 Å². The highest BCUT2D eigenvalue weighted by Gasteiger charge is 2.32. The number of aryl methyl sites for hydroxylation is 1. The molecule has 4 rings (SSSR count). The summed E-state index contributed by atoms with van der Waals surface area (Å²) >= 11 is 0. The van der Waals surface area contributed by atoms with Gasteiger partial charge in [0.1, 0.15) is 11.6 Å². The first-order chi connectivity index (χ1) is 19.5. The van der Waals surface area contributed by atoms with Gasteiger partial charge in [-0.25, -0.2) is 8.78 Å².